The van der Waals surface area contributed by atoms with Crippen LogP contribution >= 0.6 is 0 Å². The summed E-state index contributed by atoms with van der Waals surface area (Å²) in [6.45, 7) is 4.52. The van der Waals surface area contributed by atoms with Crippen molar-refractivity contribution in [3.63, 3.8) is 0 Å². The van der Waals surface area contributed by atoms with E-state index in [1.807, 2.05) is 24.3 Å². The monoisotopic (exact) mass is 275 g/mol. The van der Waals surface area contributed by atoms with Crippen LogP contribution < -0.4 is 11.1 Å². The van der Waals surface area contributed by atoms with Gasteiger partial charge in [-0.1, -0.05) is 42.7 Å². The van der Waals surface area contributed by atoms with Crippen molar-refractivity contribution in [3.8, 4) is 0 Å². The van der Waals surface area contributed by atoms with Gasteiger partial charge in [0.2, 0.25) is 5.91 Å². The Bertz CT molecular complexity index is 493. The molecule has 108 valence electrons. The molecule has 6 heteroatoms. The molecular weight excluding hydrogens is 254 g/mol. The number of carbonyl (C=O) groups excluding carboxylic acids is 1. The average molecular weight is 275 g/mol. The Morgan fingerprint density at radius 1 is 1.45 bits per heavy atom. The first kappa shape index (κ1) is 16.0. The number of benzene rings is 1. The van der Waals surface area contributed by atoms with E-state index in [-0.39, 0.29) is 6.54 Å². The van der Waals surface area contributed by atoms with Gasteiger partial charge in [-0.3, -0.25) is 10.1 Å². The molecule has 0 saturated carbocycles. The number of nitrogens with one attached hydrogen (secondary N) is 1. The Labute approximate surface area is 119 Å². The molecule has 6 nitrogen and oxygen atoms in total. The molecule has 1 aromatic carbocycles. The van der Waals surface area contributed by atoms with Crippen LogP contribution in [0.4, 0.5) is 0 Å². The summed E-state index contributed by atoms with van der Waals surface area (Å²) in [5.74, 6) is -0.457. The van der Waals surface area contributed by atoms with Crippen LogP contribution in [-0.4, -0.2) is 19.0 Å². The minimum Gasteiger partial charge on any atom is -0.368 e. The molecule has 0 spiro atoms. The minimum atomic E-state index is -0.963. The number of azide groups is 1. The first-order valence-electron chi connectivity index (χ1n) is 6.69. The Kier molecular flexibility index (Phi) is 6.03. The van der Waals surface area contributed by atoms with Crippen molar-refractivity contribution in [2.24, 2.45) is 10.8 Å². The Morgan fingerprint density at radius 3 is 2.60 bits per heavy atom. The number of primary amides is 1. The maximum Gasteiger partial charge on any atom is 0.242 e. The van der Waals surface area contributed by atoms with Crippen molar-refractivity contribution in [1.29, 1.82) is 0 Å². The Balaban J connectivity index is 2.88. The van der Waals surface area contributed by atoms with Gasteiger partial charge in [-0.25, -0.2) is 0 Å². The van der Waals surface area contributed by atoms with Crippen molar-refractivity contribution >= 4 is 5.91 Å². The molecule has 0 heterocycles. The SMILES string of the molecule is CCCc1ccc(C(C)(NCCN=[N+]=[N-])C(N)=O)cc1. The minimum absolute atomic E-state index is 0.271. The molecule has 0 aliphatic carbocycles. The first-order valence-corrected chi connectivity index (χ1v) is 6.69. The lowest BCUT2D eigenvalue weighted by molar-refractivity contribution is -0.124. The van der Waals surface area contributed by atoms with Gasteiger partial charge in [-0.15, -0.1) is 0 Å². The molecule has 0 aliphatic heterocycles. The molecule has 0 saturated heterocycles. The van der Waals surface area contributed by atoms with Gasteiger partial charge < -0.3 is 5.73 Å². The summed E-state index contributed by atoms with van der Waals surface area (Å²) in [5, 5.41) is 6.49. The molecule has 0 bridgehead atoms. The maximum atomic E-state index is 11.8. The van der Waals surface area contributed by atoms with Crippen LogP contribution in [0.25, 0.3) is 10.4 Å². The fourth-order valence-electron chi connectivity index (χ4n) is 2.03. The van der Waals surface area contributed by atoms with Crippen LogP contribution in [0.15, 0.2) is 29.4 Å². The molecule has 0 radical (unpaired) electrons. The van der Waals surface area contributed by atoms with Crippen molar-refractivity contribution in [2.45, 2.75) is 32.2 Å². The maximum absolute atomic E-state index is 11.8. The third-order valence-electron chi connectivity index (χ3n) is 3.32. The van der Waals surface area contributed by atoms with E-state index in [1.54, 1.807) is 6.92 Å². The van der Waals surface area contributed by atoms with Gasteiger partial charge in [-0.05, 0) is 30.0 Å². The quantitative estimate of drug-likeness (QED) is 0.329. The molecule has 0 aliphatic rings. The fraction of sp³-hybridized carbons (Fsp3) is 0.500. The third kappa shape index (κ3) is 3.98. The summed E-state index contributed by atoms with van der Waals surface area (Å²) in [6, 6.07) is 7.84. The Hall–Kier alpha value is -2.04. The normalized spacial score (nSPS) is 13.3. The van der Waals surface area contributed by atoms with E-state index in [0.717, 1.165) is 18.4 Å². The van der Waals surface area contributed by atoms with E-state index in [4.69, 9.17) is 11.3 Å². The Morgan fingerprint density at radius 2 is 2.10 bits per heavy atom. The lowest BCUT2D eigenvalue weighted by atomic mass is 9.90. The zero-order chi connectivity index (χ0) is 15.0. The second-order valence-electron chi connectivity index (χ2n) is 4.82. The molecular formula is C14H21N5O. The molecule has 1 aromatic rings. The second kappa shape index (κ2) is 7.53. The van der Waals surface area contributed by atoms with Gasteiger partial charge in [0.1, 0.15) is 5.54 Å². The van der Waals surface area contributed by atoms with Crippen molar-refractivity contribution < 1.29 is 4.79 Å². The summed E-state index contributed by atoms with van der Waals surface area (Å²) >= 11 is 0. The van der Waals surface area contributed by atoms with Gasteiger partial charge >= 0.3 is 0 Å². The third-order valence-corrected chi connectivity index (χ3v) is 3.32. The molecule has 1 unspecified atom stereocenters. The van der Waals surface area contributed by atoms with E-state index in [2.05, 4.69) is 22.3 Å². The fourth-order valence-corrected chi connectivity index (χ4v) is 2.03. The van der Waals surface area contributed by atoms with Crippen molar-refractivity contribution in [3.05, 3.63) is 45.8 Å². The van der Waals surface area contributed by atoms with E-state index < -0.39 is 11.4 Å². The molecule has 1 atom stereocenters. The highest BCUT2D eigenvalue weighted by molar-refractivity contribution is 5.85. The number of nitrogens with two attached hydrogens (primary N) is 1. The zero-order valence-electron chi connectivity index (χ0n) is 12.0. The second-order valence-corrected chi connectivity index (χ2v) is 4.82. The molecule has 20 heavy (non-hydrogen) atoms. The molecule has 1 amide bonds. The molecule has 1 rings (SSSR count). The topological polar surface area (TPSA) is 104 Å². The number of nitrogens with zero attached hydrogens (tertiary/aromatic N) is 3. The number of aryl methyl sites for hydroxylation is 1. The highest BCUT2D eigenvalue weighted by Gasteiger charge is 2.32. The summed E-state index contributed by atoms with van der Waals surface area (Å²) in [5.41, 5.74) is 14.8. The predicted octanol–water partition coefficient (Wildman–Crippen LogP) is 2.24. The highest BCUT2D eigenvalue weighted by Crippen LogP contribution is 2.21. The van der Waals surface area contributed by atoms with Crippen LogP contribution in [-0.2, 0) is 16.8 Å². The lowest BCUT2D eigenvalue weighted by Gasteiger charge is -2.28. The lowest BCUT2D eigenvalue weighted by Crippen LogP contribution is -2.51. The standard InChI is InChI=1S/C14H21N5O/c1-3-4-11-5-7-12(8-6-11)14(2,13(15)20)17-9-10-18-19-16/h5-8,17H,3-4,9-10H2,1-2H3,(H2,15,20). The van der Waals surface area contributed by atoms with E-state index in [1.165, 1.54) is 5.56 Å². The van der Waals surface area contributed by atoms with E-state index in [9.17, 15) is 4.79 Å². The molecule has 3 N–H and O–H groups in total. The number of hydrogen-bond acceptors (Lipinski definition) is 3. The van der Waals surface area contributed by atoms with Gasteiger partial charge in [0.25, 0.3) is 0 Å². The highest BCUT2D eigenvalue weighted by atomic mass is 16.1. The van der Waals surface area contributed by atoms with E-state index in [0.29, 0.717) is 6.54 Å². The van der Waals surface area contributed by atoms with E-state index >= 15 is 0 Å². The van der Waals surface area contributed by atoms with Crippen LogP contribution in [0.2, 0.25) is 0 Å². The first-order chi connectivity index (χ1) is 9.54. The van der Waals surface area contributed by atoms with Crippen molar-refractivity contribution in [1.82, 2.24) is 5.32 Å². The smallest absolute Gasteiger partial charge is 0.242 e. The van der Waals surface area contributed by atoms with Crippen molar-refractivity contribution in [2.75, 3.05) is 13.1 Å². The number of hydrogen-bond donors (Lipinski definition) is 2. The number of amides is 1. The summed E-state index contributed by atoms with van der Waals surface area (Å²) in [7, 11) is 0. The summed E-state index contributed by atoms with van der Waals surface area (Å²) in [6.07, 6.45) is 2.09. The van der Waals surface area contributed by atoms with Crippen LogP contribution in [0.3, 0.4) is 0 Å². The number of rotatable bonds is 8. The van der Waals surface area contributed by atoms with Crippen LogP contribution in [0.1, 0.15) is 31.4 Å². The predicted molar refractivity (Wildman–Crippen MR) is 79.0 cm³/mol. The van der Waals surface area contributed by atoms with Gasteiger partial charge in [0, 0.05) is 18.0 Å². The zero-order valence-corrected chi connectivity index (χ0v) is 12.0. The summed E-state index contributed by atoms with van der Waals surface area (Å²) in [4.78, 5) is 14.4. The summed E-state index contributed by atoms with van der Waals surface area (Å²) < 4.78 is 0. The van der Waals surface area contributed by atoms with Gasteiger partial charge in [0.05, 0.1) is 0 Å². The molecule has 0 fully saturated rings. The van der Waals surface area contributed by atoms with Crippen LogP contribution in [0.5, 0.6) is 0 Å². The molecule has 0 aromatic heterocycles. The van der Waals surface area contributed by atoms with Crippen LogP contribution in [0, 0.1) is 0 Å². The van der Waals surface area contributed by atoms with Gasteiger partial charge in [0.15, 0.2) is 0 Å². The largest absolute Gasteiger partial charge is 0.368 e. The number of carbonyl (C=O) groups is 1. The average Bonchev–Trinajstić information content (AvgIpc) is 2.44. The van der Waals surface area contributed by atoms with Gasteiger partial charge in [-0.2, -0.15) is 0 Å².